The second-order valence-corrected chi connectivity index (χ2v) is 9.48. The Morgan fingerprint density at radius 3 is 1.59 bits per heavy atom. The summed E-state index contributed by atoms with van der Waals surface area (Å²) in [5.74, 6) is 0.203. The lowest BCUT2D eigenvalue weighted by Gasteiger charge is -2.29. The summed E-state index contributed by atoms with van der Waals surface area (Å²) in [4.78, 5) is 0. The number of benzene rings is 1. The van der Waals surface area contributed by atoms with Gasteiger partial charge in [-0.1, -0.05) is 60.6 Å². The largest absolute Gasteiger partial charge is 0.507 e. The van der Waals surface area contributed by atoms with Crippen molar-refractivity contribution in [3.63, 3.8) is 0 Å². The summed E-state index contributed by atoms with van der Waals surface area (Å²) in [5.41, 5.74) is 1.24. The lowest BCUT2D eigenvalue weighted by molar-refractivity contribution is 0.421. The summed E-state index contributed by atoms with van der Waals surface area (Å²) < 4.78 is 32.8. The highest BCUT2D eigenvalue weighted by Gasteiger charge is 2.31. The van der Waals surface area contributed by atoms with Crippen molar-refractivity contribution in [3.05, 3.63) is 28.8 Å². The third-order valence-corrected chi connectivity index (χ3v) is 5.17. The van der Waals surface area contributed by atoms with Crippen LogP contribution in [0, 0.1) is 0 Å². The highest BCUT2D eigenvalue weighted by atomic mass is 32.2. The van der Waals surface area contributed by atoms with Gasteiger partial charge in [-0.3, -0.25) is 4.55 Å². The van der Waals surface area contributed by atoms with Gasteiger partial charge in [0.05, 0.1) is 0 Å². The maximum Gasteiger partial charge on any atom is 0.271 e. The van der Waals surface area contributed by atoms with Crippen LogP contribution in [0.4, 0.5) is 0 Å². The molecular weight excluding hydrogens is 300 g/mol. The fourth-order valence-electron chi connectivity index (χ4n) is 2.60. The van der Waals surface area contributed by atoms with Crippen LogP contribution in [-0.2, 0) is 20.9 Å². The van der Waals surface area contributed by atoms with Crippen molar-refractivity contribution in [1.82, 2.24) is 0 Å². The zero-order valence-electron chi connectivity index (χ0n) is 14.6. The Bertz CT molecular complexity index is 611. The van der Waals surface area contributed by atoms with Gasteiger partial charge < -0.3 is 5.11 Å². The van der Waals surface area contributed by atoms with E-state index in [1.807, 2.05) is 41.5 Å². The zero-order chi connectivity index (χ0) is 17.5. The molecule has 1 atom stereocenters. The topological polar surface area (TPSA) is 74.6 Å². The standard InChI is InChI=1S/C17H28O4S/c1-8-14(22(19,20)21)11-9-12(16(2,3)4)15(18)13(10-11)17(5,6)7/h9-10,14,18H,8H2,1-7H3,(H,19,20,21). The van der Waals surface area contributed by atoms with Gasteiger partial charge in [0.25, 0.3) is 10.1 Å². The first kappa shape index (κ1) is 19.0. The summed E-state index contributed by atoms with van der Waals surface area (Å²) in [7, 11) is -4.19. The highest BCUT2D eigenvalue weighted by molar-refractivity contribution is 7.86. The third-order valence-electron chi connectivity index (χ3n) is 3.85. The molecule has 0 amide bonds. The van der Waals surface area contributed by atoms with Crippen LogP contribution in [0.1, 0.15) is 76.8 Å². The maximum atomic E-state index is 11.7. The highest BCUT2D eigenvalue weighted by Crippen LogP contribution is 2.42. The average molecular weight is 328 g/mol. The van der Waals surface area contributed by atoms with Gasteiger partial charge in [-0.05, 0) is 33.9 Å². The number of phenols is 1. The van der Waals surface area contributed by atoms with E-state index >= 15 is 0 Å². The molecule has 5 heteroatoms. The quantitative estimate of drug-likeness (QED) is 0.810. The fraction of sp³-hybridized carbons (Fsp3) is 0.647. The molecule has 0 aliphatic rings. The number of rotatable bonds is 3. The first-order chi connectivity index (χ1) is 9.69. The van der Waals surface area contributed by atoms with E-state index in [1.165, 1.54) is 0 Å². The Morgan fingerprint density at radius 2 is 1.36 bits per heavy atom. The molecule has 0 saturated carbocycles. The first-order valence-corrected chi connectivity index (χ1v) is 9.04. The van der Waals surface area contributed by atoms with Crippen LogP contribution < -0.4 is 0 Å². The number of aromatic hydroxyl groups is 1. The van der Waals surface area contributed by atoms with Crippen molar-refractivity contribution in [2.24, 2.45) is 0 Å². The van der Waals surface area contributed by atoms with Crippen LogP contribution >= 0.6 is 0 Å². The average Bonchev–Trinajstić information content (AvgIpc) is 2.26. The summed E-state index contributed by atoms with van der Waals surface area (Å²) >= 11 is 0. The third kappa shape index (κ3) is 4.02. The summed E-state index contributed by atoms with van der Waals surface area (Å²) in [5, 5.41) is 9.65. The number of hydrogen-bond donors (Lipinski definition) is 2. The van der Waals surface area contributed by atoms with E-state index in [0.29, 0.717) is 16.7 Å². The van der Waals surface area contributed by atoms with E-state index in [4.69, 9.17) is 0 Å². The van der Waals surface area contributed by atoms with Crippen molar-refractivity contribution in [1.29, 1.82) is 0 Å². The molecule has 0 spiro atoms. The van der Waals surface area contributed by atoms with Crippen molar-refractivity contribution in [3.8, 4) is 5.75 Å². The van der Waals surface area contributed by atoms with Gasteiger partial charge >= 0.3 is 0 Å². The van der Waals surface area contributed by atoms with Crippen LogP contribution in [0.2, 0.25) is 0 Å². The smallest absolute Gasteiger partial charge is 0.271 e. The molecule has 4 nitrogen and oxygen atoms in total. The normalized spacial score (nSPS) is 14.9. The molecule has 0 heterocycles. The van der Waals surface area contributed by atoms with Crippen molar-refractivity contribution >= 4 is 10.1 Å². The SMILES string of the molecule is CCC(c1cc(C(C)(C)C)c(O)c(C(C)(C)C)c1)S(=O)(=O)O. The van der Waals surface area contributed by atoms with Crippen LogP contribution in [0.15, 0.2) is 12.1 Å². The fourth-order valence-corrected chi connectivity index (χ4v) is 3.51. The van der Waals surface area contributed by atoms with Gasteiger partial charge in [0.15, 0.2) is 0 Å². The molecule has 1 aromatic rings. The number of hydrogen-bond acceptors (Lipinski definition) is 3. The van der Waals surface area contributed by atoms with E-state index < -0.39 is 15.4 Å². The molecular formula is C17H28O4S. The first-order valence-electron chi connectivity index (χ1n) is 7.53. The van der Waals surface area contributed by atoms with Gasteiger partial charge in [0, 0.05) is 0 Å². The van der Waals surface area contributed by atoms with Crippen LogP contribution in [0.25, 0.3) is 0 Å². The van der Waals surface area contributed by atoms with Gasteiger partial charge in [-0.15, -0.1) is 0 Å². The van der Waals surface area contributed by atoms with Gasteiger partial charge in [-0.2, -0.15) is 8.42 Å². The Labute approximate surface area is 134 Å². The van der Waals surface area contributed by atoms with Gasteiger partial charge in [-0.25, -0.2) is 0 Å². The Morgan fingerprint density at radius 1 is 1.00 bits per heavy atom. The predicted octanol–water partition coefficient (Wildman–Crippen LogP) is 4.33. The molecule has 0 fully saturated rings. The van der Waals surface area contributed by atoms with Gasteiger partial charge in [0.1, 0.15) is 11.0 Å². The molecule has 0 saturated heterocycles. The minimum Gasteiger partial charge on any atom is -0.507 e. The molecule has 22 heavy (non-hydrogen) atoms. The van der Waals surface area contributed by atoms with Crippen molar-refractivity contribution in [2.45, 2.75) is 71.0 Å². The van der Waals surface area contributed by atoms with E-state index in [1.54, 1.807) is 19.1 Å². The van der Waals surface area contributed by atoms with Crippen molar-refractivity contribution < 1.29 is 18.1 Å². The van der Waals surface area contributed by atoms with Crippen molar-refractivity contribution in [2.75, 3.05) is 0 Å². The maximum absolute atomic E-state index is 11.7. The molecule has 126 valence electrons. The lowest BCUT2D eigenvalue weighted by atomic mass is 9.78. The molecule has 1 rings (SSSR count). The minimum atomic E-state index is -4.19. The van der Waals surface area contributed by atoms with E-state index in [-0.39, 0.29) is 23.0 Å². The molecule has 0 aliphatic heterocycles. The predicted molar refractivity (Wildman–Crippen MR) is 90.1 cm³/mol. The van der Waals surface area contributed by atoms with E-state index in [0.717, 1.165) is 0 Å². The van der Waals surface area contributed by atoms with Crippen LogP contribution in [-0.4, -0.2) is 18.1 Å². The van der Waals surface area contributed by atoms with Crippen LogP contribution in [0.5, 0.6) is 5.75 Å². The summed E-state index contributed by atoms with van der Waals surface area (Å²) in [6.45, 7) is 13.5. The Kier molecular flexibility index (Phi) is 5.05. The zero-order valence-corrected chi connectivity index (χ0v) is 15.4. The summed E-state index contributed by atoms with van der Waals surface area (Å²) in [6.07, 6.45) is 0.275. The molecule has 2 N–H and O–H groups in total. The minimum absolute atomic E-state index is 0.203. The molecule has 0 radical (unpaired) electrons. The van der Waals surface area contributed by atoms with E-state index in [9.17, 15) is 18.1 Å². The van der Waals surface area contributed by atoms with Crippen LogP contribution in [0.3, 0.4) is 0 Å². The Hall–Kier alpha value is -1.07. The molecule has 1 aromatic carbocycles. The van der Waals surface area contributed by atoms with Gasteiger partial charge in [0.2, 0.25) is 0 Å². The summed E-state index contributed by atoms with van der Waals surface area (Å²) in [6, 6.07) is 3.40. The van der Waals surface area contributed by atoms with E-state index in [2.05, 4.69) is 0 Å². The Balaban J connectivity index is 3.76. The monoisotopic (exact) mass is 328 g/mol. The second kappa shape index (κ2) is 5.85. The molecule has 0 aliphatic carbocycles. The molecule has 0 aromatic heterocycles. The number of phenolic OH excluding ortho intramolecular Hbond substituents is 1. The molecule has 0 bridgehead atoms. The molecule has 1 unspecified atom stereocenters. The lowest BCUT2D eigenvalue weighted by Crippen LogP contribution is -2.20. The second-order valence-electron chi connectivity index (χ2n) is 7.88.